The van der Waals surface area contributed by atoms with Gasteiger partial charge in [0, 0.05) is 26.8 Å². The number of benzene rings is 2. The van der Waals surface area contributed by atoms with Gasteiger partial charge in [-0.25, -0.2) is 4.39 Å². The first-order valence-electron chi connectivity index (χ1n) is 5.42. The fraction of sp³-hybridized carbons (Fsp3) is 0.0714. The second kappa shape index (κ2) is 4.41. The number of halogens is 2. The molecule has 18 heavy (non-hydrogen) atoms. The third kappa shape index (κ3) is 2.04. The summed E-state index contributed by atoms with van der Waals surface area (Å²) < 4.78 is 13.2. The van der Waals surface area contributed by atoms with E-state index in [1.807, 2.05) is 6.07 Å². The molecule has 2 aromatic carbocycles. The molecule has 1 aliphatic heterocycles. The molecule has 0 aromatic heterocycles. The minimum absolute atomic E-state index is 0.00137. The van der Waals surface area contributed by atoms with Crippen LogP contribution in [-0.2, 0) is 6.42 Å². The van der Waals surface area contributed by atoms with Crippen molar-refractivity contribution in [2.24, 2.45) is 0 Å². The van der Waals surface area contributed by atoms with Crippen LogP contribution >= 0.6 is 23.4 Å². The van der Waals surface area contributed by atoms with Gasteiger partial charge in [0.1, 0.15) is 5.82 Å². The molecule has 1 heterocycles. The topological polar surface area (TPSA) is 17.1 Å². The van der Waals surface area contributed by atoms with Crippen LogP contribution in [0.15, 0.2) is 46.2 Å². The maximum Gasteiger partial charge on any atom is 0.168 e. The summed E-state index contributed by atoms with van der Waals surface area (Å²) in [6.45, 7) is 0. The highest BCUT2D eigenvalue weighted by Crippen LogP contribution is 2.38. The van der Waals surface area contributed by atoms with E-state index < -0.39 is 0 Å². The molecule has 0 atom stereocenters. The third-order valence-corrected chi connectivity index (χ3v) is 4.25. The highest BCUT2D eigenvalue weighted by molar-refractivity contribution is 7.99. The van der Waals surface area contributed by atoms with Crippen molar-refractivity contribution in [3.8, 4) is 0 Å². The number of carbonyl (C=O) groups excluding carboxylic acids is 1. The minimum Gasteiger partial charge on any atom is -0.294 e. The standard InChI is InChI=1S/C14H8ClFOS/c15-9-1-4-13-8(5-9)6-12(17)11-3-2-10(16)7-14(11)18-13/h1-5,7H,6H2. The summed E-state index contributed by atoms with van der Waals surface area (Å²) in [4.78, 5) is 13.7. The van der Waals surface area contributed by atoms with E-state index in [1.54, 1.807) is 18.2 Å². The van der Waals surface area contributed by atoms with Gasteiger partial charge in [-0.2, -0.15) is 0 Å². The number of ketones is 1. The fourth-order valence-corrected chi connectivity index (χ4v) is 3.28. The summed E-state index contributed by atoms with van der Waals surface area (Å²) in [5.74, 6) is -0.329. The second-order valence-electron chi connectivity index (χ2n) is 4.09. The molecule has 0 spiro atoms. The summed E-state index contributed by atoms with van der Waals surface area (Å²) >= 11 is 7.34. The van der Waals surface area contributed by atoms with Crippen LogP contribution in [0.1, 0.15) is 15.9 Å². The van der Waals surface area contributed by atoms with Gasteiger partial charge in [-0.1, -0.05) is 23.4 Å². The molecule has 0 aliphatic carbocycles. The Labute approximate surface area is 113 Å². The largest absolute Gasteiger partial charge is 0.294 e. The average molecular weight is 279 g/mol. The molecule has 0 saturated carbocycles. The predicted octanol–water partition coefficient (Wildman–Crippen LogP) is 4.37. The monoisotopic (exact) mass is 278 g/mol. The van der Waals surface area contributed by atoms with E-state index in [0.717, 1.165) is 10.5 Å². The van der Waals surface area contributed by atoms with Gasteiger partial charge in [0.2, 0.25) is 0 Å². The van der Waals surface area contributed by atoms with Crippen LogP contribution in [0.2, 0.25) is 5.02 Å². The molecule has 4 heteroatoms. The van der Waals surface area contributed by atoms with Crippen molar-refractivity contribution >= 4 is 29.1 Å². The lowest BCUT2D eigenvalue weighted by atomic mass is 10.0. The van der Waals surface area contributed by atoms with Crippen LogP contribution in [0.5, 0.6) is 0 Å². The van der Waals surface area contributed by atoms with Crippen molar-refractivity contribution in [1.29, 1.82) is 0 Å². The van der Waals surface area contributed by atoms with Gasteiger partial charge in [0.05, 0.1) is 0 Å². The van der Waals surface area contributed by atoms with Gasteiger partial charge >= 0.3 is 0 Å². The quantitative estimate of drug-likeness (QED) is 0.712. The van der Waals surface area contributed by atoms with Gasteiger partial charge in [-0.3, -0.25) is 4.79 Å². The van der Waals surface area contributed by atoms with Crippen LogP contribution < -0.4 is 0 Å². The summed E-state index contributed by atoms with van der Waals surface area (Å²) in [6, 6.07) is 9.72. The van der Waals surface area contributed by atoms with Crippen molar-refractivity contribution in [2.45, 2.75) is 16.2 Å². The molecule has 90 valence electrons. The van der Waals surface area contributed by atoms with Gasteiger partial charge in [0.15, 0.2) is 5.78 Å². The second-order valence-corrected chi connectivity index (χ2v) is 5.61. The zero-order chi connectivity index (χ0) is 12.7. The zero-order valence-corrected chi connectivity index (χ0v) is 10.8. The Morgan fingerprint density at radius 3 is 2.78 bits per heavy atom. The van der Waals surface area contributed by atoms with E-state index in [2.05, 4.69) is 0 Å². The van der Waals surface area contributed by atoms with E-state index in [0.29, 0.717) is 21.9 Å². The van der Waals surface area contributed by atoms with Gasteiger partial charge in [-0.15, -0.1) is 0 Å². The molecule has 1 nitrogen and oxygen atoms in total. The molecule has 0 amide bonds. The number of rotatable bonds is 0. The molecule has 0 bridgehead atoms. The number of hydrogen-bond donors (Lipinski definition) is 0. The number of carbonyl (C=O) groups is 1. The summed E-state index contributed by atoms with van der Waals surface area (Å²) in [7, 11) is 0. The van der Waals surface area contributed by atoms with Crippen LogP contribution in [0.4, 0.5) is 4.39 Å². The highest BCUT2D eigenvalue weighted by Gasteiger charge is 2.20. The first-order chi connectivity index (χ1) is 8.63. The van der Waals surface area contributed by atoms with E-state index in [9.17, 15) is 9.18 Å². The van der Waals surface area contributed by atoms with Gasteiger partial charge in [-0.05, 0) is 42.0 Å². The van der Waals surface area contributed by atoms with Gasteiger partial charge < -0.3 is 0 Å². The normalized spacial score (nSPS) is 13.8. The van der Waals surface area contributed by atoms with Crippen molar-refractivity contribution in [3.05, 3.63) is 58.4 Å². The first kappa shape index (κ1) is 11.8. The van der Waals surface area contributed by atoms with Crippen molar-refractivity contribution in [3.63, 3.8) is 0 Å². The molecule has 0 fully saturated rings. The summed E-state index contributed by atoms with van der Waals surface area (Å²) in [6.07, 6.45) is 0.307. The molecule has 2 aromatic rings. The SMILES string of the molecule is O=C1Cc2cc(Cl)ccc2Sc2cc(F)ccc21. The molecule has 1 aliphatic rings. The Bertz CT molecular complexity index is 654. The van der Waals surface area contributed by atoms with Crippen LogP contribution in [0.3, 0.4) is 0 Å². The fourth-order valence-electron chi connectivity index (χ4n) is 1.98. The predicted molar refractivity (Wildman–Crippen MR) is 70.0 cm³/mol. The molecule has 0 radical (unpaired) electrons. The summed E-state index contributed by atoms with van der Waals surface area (Å²) in [5.41, 5.74) is 1.47. The van der Waals surface area contributed by atoms with Crippen LogP contribution in [0, 0.1) is 5.82 Å². The molecule has 0 saturated heterocycles. The number of Topliss-reactive ketones (excluding diaryl/α,β-unsaturated/α-hetero) is 1. The lowest BCUT2D eigenvalue weighted by molar-refractivity contribution is 0.0990. The molecular formula is C14H8ClFOS. The van der Waals surface area contributed by atoms with E-state index in [1.165, 1.54) is 23.9 Å². The maximum absolute atomic E-state index is 13.2. The lowest BCUT2D eigenvalue weighted by Gasteiger charge is -2.05. The molecular weight excluding hydrogens is 271 g/mol. The number of fused-ring (bicyclic) bond motifs is 2. The van der Waals surface area contributed by atoms with E-state index >= 15 is 0 Å². The molecule has 0 unspecified atom stereocenters. The first-order valence-corrected chi connectivity index (χ1v) is 6.62. The lowest BCUT2D eigenvalue weighted by Crippen LogP contribution is -2.03. The molecule has 0 N–H and O–H groups in total. The Morgan fingerprint density at radius 2 is 1.94 bits per heavy atom. The van der Waals surface area contributed by atoms with E-state index in [4.69, 9.17) is 11.6 Å². The Hall–Kier alpha value is -1.32. The smallest absolute Gasteiger partial charge is 0.168 e. The maximum atomic E-state index is 13.2. The van der Waals surface area contributed by atoms with E-state index in [-0.39, 0.29) is 11.6 Å². The number of hydrogen-bond acceptors (Lipinski definition) is 2. The minimum atomic E-state index is -0.327. The average Bonchev–Trinajstić information content (AvgIpc) is 2.44. The zero-order valence-electron chi connectivity index (χ0n) is 9.24. The van der Waals surface area contributed by atoms with Gasteiger partial charge in [0.25, 0.3) is 0 Å². The summed E-state index contributed by atoms with van der Waals surface area (Å²) in [5, 5.41) is 0.610. The van der Waals surface area contributed by atoms with Crippen LogP contribution in [-0.4, -0.2) is 5.78 Å². The Kier molecular flexibility index (Phi) is 2.88. The highest BCUT2D eigenvalue weighted by atomic mass is 35.5. The Morgan fingerprint density at radius 1 is 1.11 bits per heavy atom. The van der Waals surface area contributed by atoms with Crippen molar-refractivity contribution in [1.82, 2.24) is 0 Å². The third-order valence-electron chi connectivity index (χ3n) is 2.84. The van der Waals surface area contributed by atoms with Crippen LogP contribution in [0.25, 0.3) is 0 Å². The molecule has 3 rings (SSSR count). The van der Waals surface area contributed by atoms with Crippen molar-refractivity contribution < 1.29 is 9.18 Å². The Balaban J connectivity index is 2.17. The van der Waals surface area contributed by atoms with Crippen molar-refractivity contribution in [2.75, 3.05) is 0 Å².